The summed E-state index contributed by atoms with van der Waals surface area (Å²) in [7, 11) is -3.86. The molecule has 1 aliphatic heterocycles. The van der Waals surface area contributed by atoms with Gasteiger partial charge in [0.1, 0.15) is 0 Å². The van der Waals surface area contributed by atoms with E-state index >= 15 is 0 Å². The van der Waals surface area contributed by atoms with E-state index in [1.54, 1.807) is 0 Å². The molecule has 2 rings (SSSR count). The van der Waals surface area contributed by atoms with Crippen LogP contribution in [-0.4, -0.2) is 55.9 Å². The third-order valence-electron chi connectivity index (χ3n) is 3.67. The van der Waals surface area contributed by atoms with Crippen molar-refractivity contribution in [1.82, 2.24) is 4.31 Å². The summed E-state index contributed by atoms with van der Waals surface area (Å²) >= 11 is 0. The van der Waals surface area contributed by atoms with Crippen molar-refractivity contribution < 1.29 is 31.4 Å². The molecule has 1 fully saturated rings. The van der Waals surface area contributed by atoms with Crippen LogP contribution in [0.15, 0.2) is 35.2 Å². The lowest BCUT2D eigenvalue weighted by atomic mass is 10.0. The molecular weight excluding hydrogens is 347 g/mol. The second-order valence-electron chi connectivity index (χ2n) is 5.53. The number of benzene rings is 1. The zero-order chi connectivity index (χ0) is 18.0. The van der Waals surface area contributed by atoms with E-state index in [1.807, 2.05) is 0 Å². The lowest BCUT2D eigenvalue weighted by Crippen LogP contribution is -2.41. The highest BCUT2D eigenvalue weighted by Crippen LogP contribution is 2.32. The van der Waals surface area contributed by atoms with E-state index in [4.69, 9.17) is 4.74 Å². The van der Waals surface area contributed by atoms with Crippen molar-refractivity contribution in [2.45, 2.75) is 23.6 Å². The van der Waals surface area contributed by atoms with E-state index in [1.165, 1.54) is 28.6 Å². The van der Waals surface area contributed by atoms with Gasteiger partial charge in [-0.1, -0.05) is 24.3 Å². The Morgan fingerprint density at radius 1 is 1.21 bits per heavy atom. The average molecular weight is 365 g/mol. The summed E-state index contributed by atoms with van der Waals surface area (Å²) < 4.78 is 69.9. The average Bonchev–Trinajstić information content (AvgIpc) is 2.53. The van der Waals surface area contributed by atoms with Crippen molar-refractivity contribution in [3.05, 3.63) is 35.9 Å². The first-order valence-electron chi connectivity index (χ1n) is 7.21. The van der Waals surface area contributed by atoms with Gasteiger partial charge in [-0.05, 0) is 24.6 Å². The first-order valence-corrected chi connectivity index (χ1v) is 8.65. The molecule has 1 unspecified atom stereocenters. The molecule has 24 heavy (non-hydrogen) atoms. The normalized spacial score (nSPS) is 20.2. The summed E-state index contributed by atoms with van der Waals surface area (Å²) in [5, 5.41) is 9.47. The van der Waals surface area contributed by atoms with Crippen LogP contribution in [0.1, 0.15) is 12.5 Å². The Hall–Kier alpha value is -1.42. The van der Waals surface area contributed by atoms with E-state index in [9.17, 15) is 26.7 Å². The number of sulfonamides is 1. The maximum absolute atomic E-state index is 12.7. The van der Waals surface area contributed by atoms with Crippen LogP contribution in [0, 0.1) is 0 Å². The molecule has 1 N–H and O–H groups in total. The molecule has 0 bridgehead atoms. The number of hydrogen-bond donors (Lipinski definition) is 1. The van der Waals surface area contributed by atoms with Crippen LogP contribution in [0.4, 0.5) is 13.2 Å². The van der Waals surface area contributed by atoms with Crippen LogP contribution >= 0.6 is 0 Å². The summed E-state index contributed by atoms with van der Waals surface area (Å²) in [6.07, 6.45) is -3.34. The van der Waals surface area contributed by atoms with Crippen LogP contribution < -0.4 is 0 Å². The quantitative estimate of drug-likeness (QED) is 0.887. The molecule has 1 aliphatic rings. The van der Waals surface area contributed by atoms with Crippen LogP contribution in [0.3, 0.4) is 0 Å². The molecule has 0 amide bonds. The highest BCUT2D eigenvalue weighted by molar-refractivity contribution is 7.89. The van der Waals surface area contributed by atoms with Crippen LogP contribution in [-0.2, 0) is 14.8 Å². The number of hydrogen-bond acceptors (Lipinski definition) is 4. The van der Waals surface area contributed by atoms with Crippen LogP contribution in [0.5, 0.6) is 0 Å². The van der Waals surface area contributed by atoms with E-state index < -0.39 is 21.8 Å². The van der Waals surface area contributed by atoms with Gasteiger partial charge in [0, 0.05) is 13.1 Å². The molecular formula is C15H18F3NO4S. The standard InChI is InChI=1S/C15H18F3NO4S/c1-14(20,15(16,17)18)7-6-12-4-2-3-5-13(12)24(21,22)19-8-10-23-11-9-19/h2-7,20H,8-11H2,1H3. The summed E-state index contributed by atoms with van der Waals surface area (Å²) in [6, 6.07) is 5.72. The lowest BCUT2D eigenvalue weighted by Gasteiger charge is -2.27. The van der Waals surface area contributed by atoms with E-state index in [2.05, 4.69) is 0 Å². The van der Waals surface area contributed by atoms with Crippen LogP contribution in [0.2, 0.25) is 0 Å². The second kappa shape index (κ2) is 6.83. The molecule has 1 aromatic rings. The summed E-state index contributed by atoms with van der Waals surface area (Å²) in [6.45, 7) is 1.49. The molecule has 9 heteroatoms. The number of morpholine rings is 1. The maximum Gasteiger partial charge on any atom is 0.420 e. The smallest absolute Gasteiger partial charge is 0.379 e. The van der Waals surface area contributed by atoms with Gasteiger partial charge in [0.2, 0.25) is 10.0 Å². The first kappa shape index (κ1) is 18.9. The highest BCUT2D eigenvalue weighted by atomic mass is 32.2. The lowest BCUT2D eigenvalue weighted by molar-refractivity contribution is -0.232. The third-order valence-corrected chi connectivity index (χ3v) is 5.64. The van der Waals surface area contributed by atoms with Crippen molar-refractivity contribution in [3.8, 4) is 0 Å². The molecule has 134 valence electrons. The fourth-order valence-electron chi connectivity index (χ4n) is 2.13. The highest BCUT2D eigenvalue weighted by Gasteiger charge is 2.47. The van der Waals surface area contributed by atoms with Gasteiger partial charge < -0.3 is 9.84 Å². The third kappa shape index (κ3) is 3.97. The molecule has 1 saturated heterocycles. The van der Waals surface area contributed by atoms with Gasteiger partial charge >= 0.3 is 6.18 Å². The Kier molecular flexibility index (Phi) is 5.38. The maximum atomic E-state index is 12.7. The zero-order valence-corrected chi connectivity index (χ0v) is 13.8. The summed E-state index contributed by atoms with van der Waals surface area (Å²) in [5.41, 5.74) is -2.98. The Balaban J connectivity index is 2.37. The Morgan fingerprint density at radius 3 is 2.38 bits per heavy atom. The molecule has 0 aliphatic carbocycles. The van der Waals surface area contributed by atoms with E-state index in [0.717, 1.165) is 6.08 Å². The fraction of sp³-hybridized carbons (Fsp3) is 0.467. The van der Waals surface area contributed by atoms with Crippen molar-refractivity contribution in [3.63, 3.8) is 0 Å². The van der Waals surface area contributed by atoms with Crippen molar-refractivity contribution >= 4 is 16.1 Å². The van der Waals surface area contributed by atoms with Gasteiger partial charge in [-0.25, -0.2) is 8.42 Å². The number of aliphatic hydroxyl groups is 1. The summed E-state index contributed by atoms with van der Waals surface area (Å²) in [4.78, 5) is -0.110. The van der Waals surface area contributed by atoms with Gasteiger partial charge in [-0.2, -0.15) is 17.5 Å². The van der Waals surface area contributed by atoms with Gasteiger partial charge in [0.25, 0.3) is 0 Å². The zero-order valence-electron chi connectivity index (χ0n) is 13.0. The largest absolute Gasteiger partial charge is 0.420 e. The van der Waals surface area contributed by atoms with Crippen molar-refractivity contribution in [2.24, 2.45) is 0 Å². The topological polar surface area (TPSA) is 66.8 Å². The SMILES string of the molecule is CC(O)(C=Cc1ccccc1S(=O)(=O)N1CCOCC1)C(F)(F)F. The number of alkyl halides is 3. The molecule has 1 atom stereocenters. The Morgan fingerprint density at radius 2 is 1.79 bits per heavy atom. The Labute approximate surface area is 138 Å². The number of rotatable bonds is 4. The number of nitrogens with zero attached hydrogens (tertiary/aromatic N) is 1. The number of halogens is 3. The minimum Gasteiger partial charge on any atom is -0.379 e. The van der Waals surface area contributed by atoms with Crippen LogP contribution in [0.25, 0.3) is 6.08 Å². The Bertz CT molecular complexity index is 708. The van der Waals surface area contributed by atoms with Gasteiger partial charge in [0.05, 0.1) is 18.1 Å². The van der Waals surface area contributed by atoms with Gasteiger partial charge in [-0.15, -0.1) is 0 Å². The second-order valence-corrected chi connectivity index (χ2v) is 7.44. The molecule has 1 aromatic carbocycles. The van der Waals surface area contributed by atoms with Gasteiger partial charge in [0.15, 0.2) is 5.60 Å². The predicted molar refractivity (Wildman–Crippen MR) is 81.7 cm³/mol. The predicted octanol–water partition coefficient (Wildman–Crippen LogP) is 2.03. The molecule has 0 aromatic heterocycles. The molecule has 5 nitrogen and oxygen atoms in total. The first-order chi connectivity index (χ1) is 11.1. The van der Waals surface area contributed by atoms with E-state index in [-0.39, 0.29) is 36.8 Å². The molecule has 0 saturated carbocycles. The summed E-state index contributed by atoms with van der Waals surface area (Å²) in [5.74, 6) is 0. The minimum absolute atomic E-state index is 0.0773. The molecule has 0 radical (unpaired) electrons. The van der Waals surface area contributed by atoms with Crippen molar-refractivity contribution in [1.29, 1.82) is 0 Å². The molecule has 0 spiro atoms. The monoisotopic (exact) mass is 365 g/mol. The molecule has 1 heterocycles. The fourth-order valence-corrected chi connectivity index (χ4v) is 3.72. The van der Waals surface area contributed by atoms with Crippen molar-refractivity contribution in [2.75, 3.05) is 26.3 Å². The number of ether oxygens (including phenoxy) is 1. The minimum atomic E-state index is -4.86. The van der Waals surface area contributed by atoms with E-state index in [0.29, 0.717) is 13.0 Å². The van der Waals surface area contributed by atoms with Gasteiger partial charge in [-0.3, -0.25) is 0 Å².